The van der Waals surface area contributed by atoms with Crippen LogP contribution in [0.15, 0.2) is 18.2 Å². The molecule has 0 aliphatic carbocycles. The predicted octanol–water partition coefficient (Wildman–Crippen LogP) is 2.55. The molecule has 19 heavy (non-hydrogen) atoms. The third kappa shape index (κ3) is 3.07. The van der Waals surface area contributed by atoms with E-state index in [4.69, 9.17) is 4.74 Å². The van der Waals surface area contributed by atoms with Crippen LogP contribution in [0.2, 0.25) is 0 Å². The zero-order chi connectivity index (χ0) is 13.9. The van der Waals surface area contributed by atoms with Gasteiger partial charge in [0.25, 0.3) is 0 Å². The van der Waals surface area contributed by atoms with E-state index in [1.165, 1.54) is 6.07 Å². The fourth-order valence-electron chi connectivity index (χ4n) is 2.81. The summed E-state index contributed by atoms with van der Waals surface area (Å²) >= 11 is 0. The fraction of sp³-hybridized carbons (Fsp3) is 0.600. The van der Waals surface area contributed by atoms with Gasteiger partial charge in [-0.2, -0.15) is 0 Å². The van der Waals surface area contributed by atoms with Gasteiger partial charge in [0.05, 0.1) is 11.3 Å². The number of rotatable bonds is 4. The maximum atomic E-state index is 14.2. The van der Waals surface area contributed by atoms with Crippen molar-refractivity contribution in [3.63, 3.8) is 0 Å². The highest BCUT2D eigenvalue weighted by Crippen LogP contribution is 2.31. The summed E-state index contributed by atoms with van der Waals surface area (Å²) in [6, 6.07) is 5.28. The van der Waals surface area contributed by atoms with Crippen LogP contribution in [0.3, 0.4) is 0 Å². The number of ether oxygens (including phenoxy) is 1. The van der Waals surface area contributed by atoms with Gasteiger partial charge in [0.2, 0.25) is 0 Å². The van der Waals surface area contributed by atoms with E-state index in [9.17, 15) is 4.39 Å². The van der Waals surface area contributed by atoms with Gasteiger partial charge < -0.3 is 15.0 Å². The molecule has 0 aromatic heterocycles. The van der Waals surface area contributed by atoms with Crippen molar-refractivity contribution in [1.29, 1.82) is 0 Å². The van der Waals surface area contributed by atoms with Crippen LogP contribution in [-0.2, 0) is 11.3 Å². The molecule has 0 spiro atoms. The molecule has 2 rings (SSSR count). The first-order valence-electron chi connectivity index (χ1n) is 6.82. The molecule has 0 radical (unpaired) electrons. The second-order valence-electron chi connectivity index (χ2n) is 5.46. The number of hydrogen-bond acceptors (Lipinski definition) is 3. The first-order chi connectivity index (χ1) is 9.09. The van der Waals surface area contributed by atoms with Crippen LogP contribution in [0.5, 0.6) is 0 Å². The summed E-state index contributed by atoms with van der Waals surface area (Å²) < 4.78 is 19.8. The maximum absolute atomic E-state index is 14.2. The van der Waals surface area contributed by atoms with E-state index >= 15 is 0 Å². The van der Waals surface area contributed by atoms with Crippen molar-refractivity contribution in [2.45, 2.75) is 31.9 Å². The molecule has 1 aliphatic heterocycles. The summed E-state index contributed by atoms with van der Waals surface area (Å²) in [6.45, 7) is 4.39. The largest absolute Gasteiger partial charge is 0.377 e. The van der Waals surface area contributed by atoms with Crippen LogP contribution in [0.1, 0.15) is 25.3 Å². The van der Waals surface area contributed by atoms with Crippen molar-refractivity contribution < 1.29 is 9.13 Å². The number of methoxy groups -OCH3 is 1. The number of para-hydroxylation sites is 1. The van der Waals surface area contributed by atoms with Gasteiger partial charge >= 0.3 is 0 Å². The molecule has 1 aromatic carbocycles. The minimum absolute atomic E-state index is 0.145. The number of nitrogens with zero attached hydrogens (tertiary/aromatic N) is 1. The highest BCUT2D eigenvalue weighted by molar-refractivity contribution is 5.55. The second kappa shape index (κ2) is 5.88. The molecule has 1 atom stereocenters. The van der Waals surface area contributed by atoms with Crippen LogP contribution in [0, 0.1) is 5.82 Å². The van der Waals surface area contributed by atoms with Gasteiger partial charge in [-0.15, -0.1) is 0 Å². The zero-order valence-electron chi connectivity index (χ0n) is 12.0. The molecule has 1 heterocycles. The van der Waals surface area contributed by atoms with E-state index in [2.05, 4.69) is 17.1 Å². The standard InChI is InChI=1S/C15H23FN2O/c1-15(19-3)8-5-9-18(11-15)14-12(10-17-2)6-4-7-13(14)16/h4,6-7,17H,5,8-11H2,1-3H3. The van der Waals surface area contributed by atoms with Gasteiger partial charge in [0.1, 0.15) is 5.82 Å². The molecule has 1 aliphatic rings. The van der Waals surface area contributed by atoms with Crippen LogP contribution >= 0.6 is 0 Å². The van der Waals surface area contributed by atoms with Gasteiger partial charge in [0.15, 0.2) is 0 Å². The zero-order valence-corrected chi connectivity index (χ0v) is 12.0. The van der Waals surface area contributed by atoms with Crippen molar-refractivity contribution in [2.24, 2.45) is 0 Å². The van der Waals surface area contributed by atoms with Crippen LogP contribution in [-0.4, -0.2) is 32.8 Å². The summed E-state index contributed by atoms with van der Waals surface area (Å²) in [5.41, 5.74) is 1.54. The smallest absolute Gasteiger partial charge is 0.146 e. The summed E-state index contributed by atoms with van der Waals surface area (Å²) in [7, 11) is 3.61. The minimum Gasteiger partial charge on any atom is -0.377 e. The molecule has 4 heteroatoms. The molecule has 0 saturated carbocycles. The maximum Gasteiger partial charge on any atom is 0.146 e. The fourth-order valence-corrected chi connectivity index (χ4v) is 2.81. The first-order valence-corrected chi connectivity index (χ1v) is 6.82. The van der Waals surface area contributed by atoms with Crippen molar-refractivity contribution in [3.8, 4) is 0 Å². The summed E-state index contributed by atoms with van der Waals surface area (Å²) in [4.78, 5) is 2.12. The number of piperidine rings is 1. The van der Waals surface area contributed by atoms with Crippen molar-refractivity contribution in [1.82, 2.24) is 5.32 Å². The van der Waals surface area contributed by atoms with E-state index in [1.807, 2.05) is 13.1 Å². The van der Waals surface area contributed by atoms with Crippen molar-refractivity contribution >= 4 is 5.69 Å². The normalized spacial score (nSPS) is 23.7. The number of hydrogen-bond donors (Lipinski definition) is 1. The van der Waals surface area contributed by atoms with E-state index in [-0.39, 0.29) is 11.4 Å². The Labute approximate surface area is 114 Å². The lowest BCUT2D eigenvalue weighted by Gasteiger charge is -2.41. The molecule has 3 nitrogen and oxygen atoms in total. The van der Waals surface area contributed by atoms with Crippen LogP contribution in [0.25, 0.3) is 0 Å². The SMILES string of the molecule is CNCc1cccc(F)c1N1CCCC(C)(OC)C1. The number of nitrogens with one attached hydrogen (secondary N) is 1. The topological polar surface area (TPSA) is 24.5 Å². The Hall–Kier alpha value is -1.13. The Kier molecular flexibility index (Phi) is 4.42. The Morgan fingerprint density at radius 1 is 1.47 bits per heavy atom. The van der Waals surface area contributed by atoms with Gasteiger partial charge in [-0.05, 0) is 38.4 Å². The van der Waals surface area contributed by atoms with Crippen molar-refractivity contribution in [2.75, 3.05) is 32.1 Å². The monoisotopic (exact) mass is 266 g/mol. The lowest BCUT2D eigenvalue weighted by atomic mass is 9.93. The number of anilines is 1. The molecule has 1 N–H and O–H groups in total. The number of halogens is 1. The van der Waals surface area contributed by atoms with Crippen molar-refractivity contribution in [3.05, 3.63) is 29.6 Å². The molecular formula is C15H23FN2O. The van der Waals surface area contributed by atoms with E-state index in [0.29, 0.717) is 6.54 Å². The van der Waals surface area contributed by atoms with E-state index in [1.54, 1.807) is 13.2 Å². The molecular weight excluding hydrogens is 243 g/mol. The number of benzene rings is 1. The molecule has 1 saturated heterocycles. The molecule has 1 aromatic rings. The van der Waals surface area contributed by atoms with Gasteiger partial charge in [-0.3, -0.25) is 0 Å². The Morgan fingerprint density at radius 3 is 2.95 bits per heavy atom. The van der Waals surface area contributed by atoms with E-state index in [0.717, 1.165) is 37.2 Å². The summed E-state index contributed by atoms with van der Waals surface area (Å²) in [5.74, 6) is -0.145. The summed E-state index contributed by atoms with van der Waals surface area (Å²) in [6.07, 6.45) is 2.05. The first kappa shape index (κ1) is 14.3. The molecule has 1 fully saturated rings. The lowest BCUT2D eigenvalue weighted by Crippen LogP contribution is -2.48. The third-order valence-electron chi connectivity index (χ3n) is 3.91. The molecule has 0 amide bonds. The molecule has 106 valence electrons. The van der Waals surface area contributed by atoms with Gasteiger partial charge in [-0.1, -0.05) is 12.1 Å². The van der Waals surface area contributed by atoms with Gasteiger partial charge in [0, 0.05) is 26.7 Å². The quantitative estimate of drug-likeness (QED) is 0.906. The average molecular weight is 266 g/mol. The Balaban J connectivity index is 2.30. The second-order valence-corrected chi connectivity index (χ2v) is 5.46. The molecule has 1 unspecified atom stereocenters. The van der Waals surface area contributed by atoms with Crippen LogP contribution < -0.4 is 10.2 Å². The minimum atomic E-state index is -0.183. The Bertz CT molecular complexity index is 438. The van der Waals surface area contributed by atoms with Gasteiger partial charge in [-0.25, -0.2) is 4.39 Å². The highest BCUT2D eigenvalue weighted by Gasteiger charge is 2.32. The highest BCUT2D eigenvalue weighted by atomic mass is 19.1. The third-order valence-corrected chi connectivity index (χ3v) is 3.91. The van der Waals surface area contributed by atoms with E-state index < -0.39 is 0 Å². The summed E-state index contributed by atoms with van der Waals surface area (Å²) in [5, 5.41) is 3.10. The average Bonchev–Trinajstić information content (AvgIpc) is 2.39. The van der Waals surface area contributed by atoms with Crippen LogP contribution in [0.4, 0.5) is 10.1 Å². The lowest BCUT2D eigenvalue weighted by molar-refractivity contribution is -0.00480. The predicted molar refractivity (Wildman–Crippen MR) is 76.0 cm³/mol. The Morgan fingerprint density at radius 2 is 2.26 bits per heavy atom. The molecule has 0 bridgehead atoms.